The summed E-state index contributed by atoms with van der Waals surface area (Å²) in [5, 5.41) is 5.71. The molecule has 23 heavy (non-hydrogen) atoms. The van der Waals surface area contributed by atoms with Gasteiger partial charge in [0.25, 0.3) is 0 Å². The lowest BCUT2D eigenvalue weighted by atomic mass is 9.78. The van der Waals surface area contributed by atoms with Crippen LogP contribution in [0, 0.1) is 11.8 Å². The maximum atomic E-state index is 12.4. The summed E-state index contributed by atoms with van der Waals surface area (Å²) < 4.78 is 0. The number of carbonyl (C=O) groups excluding carboxylic acids is 2. The number of benzene rings is 1. The molecule has 1 aromatic carbocycles. The maximum absolute atomic E-state index is 12.4. The van der Waals surface area contributed by atoms with E-state index in [1.54, 1.807) is 0 Å². The summed E-state index contributed by atoms with van der Waals surface area (Å²) >= 11 is 1.48. The standard InChI is InChI=1S/C18H24N2O2S/c1-11-6-5-8-13(12(11)2)19-17(21)10-16-18(22)20-14-7-3-4-9-15(14)23-16/h3-4,7,9,11-13,16H,5-6,8,10H2,1-2H3,(H,19,21)(H,20,22). The third-order valence-electron chi connectivity index (χ3n) is 5.13. The first-order valence-corrected chi connectivity index (χ1v) is 9.28. The van der Waals surface area contributed by atoms with Crippen molar-refractivity contribution in [1.29, 1.82) is 0 Å². The fourth-order valence-electron chi connectivity index (χ4n) is 3.45. The summed E-state index contributed by atoms with van der Waals surface area (Å²) in [6, 6.07) is 7.97. The third kappa shape index (κ3) is 3.71. The summed E-state index contributed by atoms with van der Waals surface area (Å²) in [4.78, 5) is 25.6. The molecule has 1 fully saturated rings. The zero-order valence-corrected chi connectivity index (χ0v) is 14.5. The van der Waals surface area contributed by atoms with Gasteiger partial charge in [0.15, 0.2) is 0 Å². The molecule has 4 unspecified atom stereocenters. The molecular weight excluding hydrogens is 308 g/mol. The van der Waals surface area contributed by atoms with Crippen molar-refractivity contribution in [3.05, 3.63) is 24.3 Å². The second-order valence-electron chi connectivity index (χ2n) is 6.74. The molecule has 2 N–H and O–H groups in total. The van der Waals surface area contributed by atoms with Crippen LogP contribution in [0.4, 0.5) is 5.69 Å². The minimum atomic E-state index is -0.346. The number of amides is 2. The second kappa shape index (κ2) is 6.95. The fourth-order valence-corrected chi connectivity index (χ4v) is 4.56. The van der Waals surface area contributed by atoms with Crippen LogP contribution in [0.3, 0.4) is 0 Å². The number of nitrogens with one attached hydrogen (secondary N) is 2. The Morgan fingerprint density at radius 2 is 2.09 bits per heavy atom. The number of rotatable bonds is 3. The lowest BCUT2D eigenvalue weighted by Crippen LogP contribution is -2.45. The molecule has 1 aliphatic heterocycles. The van der Waals surface area contributed by atoms with Gasteiger partial charge in [-0.2, -0.15) is 0 Å². The molecule has 1 aliphatic carbocycles. The molecule has 1 aromatic rings. The lowest BCUT2D eigenvalue weighted by molar-refractivity contribution is -0.125. The highest BCUT2D eigenvalue weighted by Gasteiger charge is 2.32. The maximum Gasteiger partial charge on any atom is 0.238 e. The molecule has 0 radical (unpaired) electrons. The smallest absolute Gasteiger partial charge is 0.238 e. The molecule has 124 valence electrons. The number of para-hydroxylation sites is 1. The molecule has 0 aromatic heterocycles. The Kier molecular flexibility index (Phi) is 4.95. The highest BCUT2D eigenvalue weighted by molar-refractivity contribution is 8.01. The Balaban J connectivity index is 1.59. The number of thioether (sulfide) groups is 1. The summed E-state index contributed by atoms with van der Waals surface area (Å²) in [6.45, 7) is 4.47. The van der Waals surface area contributed by atoms with Gasteiger partial charge in [0.2, 0.25) is 11.8 Å². The molecule has 0 spiro atoms. The van der Waals surface area contributed by atoms with E-state index in [2.05, 4.69) is 24.5 Å². The zero-order valence-electron chi connectivity index (χ0n) is 13.7. The van der Waals surface area contributed by atoms with Crippen molar-refractivity contribution in [1.82, 2.24) is 5.32 Å². The highest BCUT2D eigenvalue weighted by atomic mass is 32.2. The highest BCUT2D eigenvalue weighted by Crippen LogP contribution is 2.36. The van der Waals surface area contributed by atoms with Crippen LogP contribution in [0.25, 0.3) is 0 Å². The van der Waals surface area contributed by atoms with Crippen molar-refractivity contribution in [2.45, 2.75) is 55.7 Å². The van der Waals surface area contributed by atoms with E-state index in [1.807, 2.05) is 24.3 Å². The lowest BCUT2D eigenvalue weighted by Gasteiger charge is -2.35. The van der Waals surface area contributed by atoms with Crippen LogP contribution >= 0.6 is 11.8 Å². The van der Waals surface area contributed by atoms with Gasteiger partial charge in [-0.15, -0.1) is 11.8 Å². The predicted molar refractivity (Wildman–Crippen MR) is 93.4 cm³/mol. The SMILES string of the molecule is CC1CCCC(NC(=O)CC2Sc3ccccc3NC2=O)C1C. The summed E-state index contributed by atoms with van der Waals surface area (Å²) in [5.41, 5.74) is 0.842. The average Bonchev–Trinajstić information content (AvgIpc) is 2.52. The Bertz CT molecular complexity index is 604. The van der Waals surface area contributed by atoms with Gasteiger partial charge in [-0.25, -0.2) is 0 Å². The van der Waals surface area contributed by atoms with E-state index < -0.39 is 0 Å². The molecule has 0 saturated heterocycles. The zero-order chi connectivity index (χ0) is 16.4. The van der Waals surface area contributed by atoms with Gasteiger partial charge < -0.3 is 10.6 Å². The Morgan fingerprint density at radius 1 is 1.30 bits per heavy atom. The van der Waals surface area contributed by atoms with E-state index in [-0.39, 0.29) is 29.5 Å². The van der Waals surface area contributed by atoms with E-state index in [9.17, 15) is 9.59 Å². The van der Waals surface area contributed by atoms with Crippen LogP contribution in [0.15, 0.2) is 29.2 Å². The molecule has 1 heterocycles. The van der Waals surface area contributed by atoms with Crippen LogP contribution in [0.2, 0.25) is 0 Å². The first kappa shape index (κ1) is 16.4. The van der Waals surface area contributed by atoms with Crippen molar-refractivity contribution in [3.63, 3.8) is 0 Å². The normalized spacial score (nSPS) is 30.3. The van der Waals surface area contributed by atoms with E-state index >= 15 is 0 Å². The van der Waals surface area contributed by atoms with Gasteiger partial charge >= 0.3 is 0 Å². The van der Waals surface area contributed by atoms with Crippen molar-refractivity contribution >= 4 is 29.3 Å². The summed E-state index contributed by atoms with van der Waals surface area (Å²) in [5.74, 6) is 1.06. The first-order valence-electron chi connectivity index (χ1n) is 8.40. The van der Waals surface area contributed by atoms with Crippen LogP contribution < -0.4 is 10.6 Å². The van der Waals surface area contributed by atoms with Gasteiger partial charge in [0.05, 0.1) is 10.9 Å². The van der Waals surface area contributed by atoms with Gasteiger partial charge in [0.1, 0.15) is 0 Å². The Labute approximate surface area is 141 Å². The topological polar surface area (TPSA) is 58.2 Å². The van der Waals surface area contributed by atoms with E-state index in [1.165, 1.54) is 24.6 Å². The number of fused-ring (bicyclic) bond motifs is 1. The number of hydrogen-bond donors (Lipinski definition) is 2. The molecule has 4 atom stereocenters. The minimum absolute atomic E-state index is 0.0111. The molecule has 4 nitrogen and oxygen atoms in total. The number of carbonyl (C=O) groups is 2. The molecule has 1 saturated carbocycles. The van der Waals surface area contributed by atoms with Crippen LogP contribution in [-0.2, 0) is 9.59 Å². The summed E-state index contributed by atoms with van der Waals surface area (Å²) in [6.07, 6.45) is 3.69. The first-order chi connectivity index (χ1) is 11.0. The number of hydrogen-bond acceptors (Lipinski definition) is 3. The summed E-state index contributed by atoms with van der Waals surface area (Å²) in [7, 11) is 0. The quantitative estimate of drug-likeness (QED) is 0.891. The minimum Gasteiger partial charge on any atom is -0.353 e. The Hall–Kier alpha value is -1.49. The van der Waals surface area contributed by atoms with Crippen molar-refractivity contribution in [2.75, 3.05) is 5.32 Å². The molecule has 2 amide bonds. The second-order valence-corrected chi connectivity index (χ2v) is 7.98. The third-order valence-corrected chi connectivity index (χ3v) is 6.41. The van der Waals surface area contributed by atoms with Crippen molar-refractivity contribution < 1.29 is 9.59 Å². The van der Waals surface area contributed by atoms with E-state index in [4.69, 9.17) is 0 Å². The predicted octanol–water partition coefficient (Wildman–Crippen LogP) is 3.43. The number of anilines is 1. The van der Waals surface area contributed by atoms with Crippen LogP contribution in [0.1, 0.15) is 39.5 Å². The molecule has 5 heteroatoms. The van der Waals surface area contributed by atoms with Crippen molar-refractivity contribution in [3.8, 4) is 0 Å². The van der Waals surface area contributed by atoms with E-state index in [0.29, 0.717) is 11.8 Å². The van der Waals surface area contributed by atoms with E-state index in [0.717, 1.165) is 17.0 Å². The monoisotopic (exact) mass is 332 g/mol. The average molecular weight is 332 g/mol. The van der Waals surface area contributed by atoms with Crippen LogP contribution in [0.5, 0.6) is 0 Å². The van der Waals surface area contributed by atoms with Crippen molar-refractivity contribution in [2.24, 2.45) is 11.8 Å². The largest absolute Gasteiger partial charge is 0.353 e. The van der Waals surface area contributed by atoms with Gasteiger partial charge in [-0.1, -0.05) is 38.8 Å². The van der Waals surface area contributed by atoms with Crippen LogP contribution in [-0.4, -0.2) is 23.1 Å². The molecule has 0 bridgehead atoms. The van der Waals surface area contributed by atoms with Gasteiger partial charge in [0, 0.05) is 17.4 Å². The Morgan fingerprint density at radius 3 is 2.91 bits per heavy atom. The fraction of sp³-hybridized carbons (Fsp3) is 0.556. The molecular formula is C18H24N2O2S. The molecule has 3 rings (SSSR count). The van der Waals surface area contributed by atoms with Gasteiger partial charge in [-0.05, 0) is 30.4 Å². The van der Waals surface area contributed by atoms with Gasteiger partial charge in [-0.3, -0.25) is 9.59 Å². The molecule has 2 aliphatic rings.